The van der Waals surface area contributed by atoms with Gasteiger partial charge in [0.1, 0.15) is 16.3 Å². The molecule has 0 atom stereocenters. The normalized spacial score (nSPS) is 11.3. The van der Waals surface area contributed by atoms with Crippen LogP contribution in [0.25, 0.3) is 27.5 Å². The molecule has 4 aromatic heterocycles. The summed E-state index contributed by atoms with van der Waals surface area (Å²) in [6.07, 6.45) is 3.42. The largest absolute Gasteiger partial charge is 0.389 e. The minimum Gasteiger partial charge on any atom is -0.389 e. The summed E-state index contributed by atoms with van der Waals surface area (Å²) in [4.78, 5) is 27.1. The number of thiazole rings is 1. The highest BCUT2D eigenvalue weighted by atomic mass is 32.1. The molecule has 0 radical (unpaired) electrons. The Morgan fingerprint density at radius 1 is 1.15 bits per heavy atom. The van der Waals surface area contributed by atoms with Gasteiger partial charge in [-0.3, -0.25) is 9.20 Å². The number of benzene rings is 1. The molecule has 4 heterocycles. The smallest absolute Gasteiger partial charge is 0.274 e. The van der Waals surface area contributed by atoms with Crippen LogP contribution in [-0.2, 0) is 6.61 Å². The molecule has 1 aromatic carbocycles. The van der Waals surface area contributed by atoms with Crippen LogP contribution in [0.3, 0.4) is 0 Å². The number of aliphatic hydroxyl groups excluding tert-OH is 1. The van der Waals surface area contributed by atoms with Gasteiger partial charge in [-0.05, 0) is 37.6 Å². The first kappa shape index (κ1) is 21.0. The van der Waals surface area contributed by atoms with E-state index in [-0.39, 0.29) is 12.5 Å². The van der Waals surface area contributed by atoms with Crippen molar-refractivity contribution in [2.45, 2.75) is 27.4 Å². The van der Waals surface area contributed by atoms with E-state index in [4.69, 9.17) is 4.52 Å². The molecule has 1 amide bonds. The van der Waals surface area contributed by atoms with Crippen molar-refractivity contribution in [3.63, 3.8) is 0 Å². The number of carbonyl (C=O) groups is 1. The number of carbonyl (C=O) groups excluding carboxylic acids is 1. The molecule has 0 spiro atoms. The molecule has 5 rings (SSSR count). The number of hydrogen-bond donors (Lipinski definition) is 2. The van der Waals surface area contributed by atoms with E-state index in [1.54, 1.807) is 17.5 Å². The number of aryl methyl sites for hydroxylation is 3. The maximum absolute atomic E-state index is 13.2. The average molecular weight is 461 g/mol. The number of aromatic nitrogens is 5. The van der Waals surface area contributed by atoms with Crippen LogP contribution in [0.5, 0.6) is 0 Å². The van der Waals surface area contributed by atoms with Gasteiger partial charge in [0.25, 0.3) is 5.91 Å². The predicted octanol–water partition coefficient (Wildman–Crippen LogP) is 4.18. The first-order chi connectivity index (χ1) is 15.9. The number of nitrogens with zero attached hydrogens (tertiary/aromatic N) is 5. The number of anilines is 1. The number of hydrogen-bond acceptors (Lipinski definition) is 8. The molecule has 0 saturated carbocycles. The molecule has 0 unspecified atom stereocenters. The molecule has 10 heteroatoms. The van der Waals surface area contributed by atoms with Crippen molar-refractivity contribution < 1.29 is 14.4 Å². The Kier molecular flexibility index (Phi) is 5.23. The van der Waals surface area contributed by atoms with Gasteiger partial charge in [-0.25, -0.2) is 9.97 Å². The lowest BCUT2D eigenvalue weighted by Crippen LogP contribution is -2.15. The van der Waals surface area contributed by atoms with E-state index in [9.17, 15) is 9.90 Å². The summed E-state index contributed by atoms with van der Waals surface area (Å²) in [5, 5.41) is 17.0. The van der Waals surface area contributed by atoms with Gasteiger partial charge in [-0.15, -0.1) is 11.3 Å². The van der Waals surface area contributed by atoms with Crippen LogP contribution >= 0.6 is 11.3 Å². The standard InChI is InChI=1S/C23H20N6O3S/c1-12-4-5-15(22-26-14(3)32-28-22)8-17(12)27-23(31)18-9-24-19-7-6-16(10-29(18)19)21-13(2)25-20(11-30)33-21/h4-10,30H,11H2,1-3H3,(H,27,31). The Morgan fingerprint density at radius 3 is 2.70 bits per heavy atom. The van der Waals surface area contributed by atoms with Crippen LogP contribution in [0, 0.1) is 20.8 Å². The zero-order valence-corrected chi connectivity index (χ0v) is 19.0. The van der Waals surface area contributed by atoms with E-state index in [0.717, 1.165) is 27.3 Å². The van der Waals surface area contributed by atoms with Crippen LogP contribution < -0.4 is 5.32 Å². The van der Waals surface area contributed by atoms with Crippen molar-refractivity contribution in [2.75, 3.05) is 5.32 Å². The zero-order valence-electron chi connectivity index (χ0n) is 18.2. The summed E-state index contributed by atoms with van der Waals surface area (Å²) in [6.45, 7) is 5.44. The Morgan fingerprint density at radius 2 is 1.97 bits per heavy atom. The van der Waals surface area contributed by atoms with Gasteiger partial charge in [0.15, 0.2) is 0 Å². The molecule has 0 aliphatic rings. The zero-order chi connectivity index (χ0) is 23.1. The molecular formula is C23H20N6O3S. The van der Waals surface area contributed by atoms with Crippen molar-refractivity contribution in [3.8, 4) is 21.8 Å². The van der Waals surface area contributed by atoms with Gasteiger partial charge >= 0.3 is 0 Å². The van der Waals surface area contributed by atoms with Crippen molar-refractivity contribution >= 4 is 28.6 Å². The molecule has 0 fully saturated rings. The molecule has 9 nitrogen and oxygen atoms in total. The summed E-state index contributed by atoms with van der Waals surface area (Å²) in [6, 6.07) is 9.40. The van der Waals surface area contributed by atoms with E-state index in [1.807, 2.05) is 50.4 Å². The van der Waals surface area contributed by atoms with Crippen LogP contribution in [0.1, 0.15) is 32.6 Å². The lowest BCUT2D eigenvalue weighted by molar-refractivity contribution is 0.102. The number of pyridine rings is 1. The molecule has 166 valence electrons. The number of imidazole rings is 1. The van der Waals surface area contributed by atoms with Crippen LogP contribution in [0.4, 0.5) is 5.69 Å². The molecule has 0 aliphatic carbocycles. The van der Waals surface area contributed by atoms with E-state index in [1.165, 1.54) is 11.3 Å². The third kappa shape index (κ3) is 3.90. The predicted molar refractivity (Wildman–Crippen MR) is 124 cm³/mol. The lowest BCUT2D eigenvalue weighted by atomic mass is 10.1. The van der Waals surface area contributed by atoms with Crippen molar-refractivity contribution in [1.29, 1.82) is 0 Å². The van der Waals surface area contributed by atoms with Crippen LogP contribution in [0.2, 0.25) is 0 Å². The second kappa shape index (κ2) is 8.23. The van der Waals surface area contributed by atoms with Gasteiger partial charge < -0.3 is 14.9 Å². The quantitative estimate of drug-likeness (QED) is 0.404. The highest BCUT2D eigenvalue weighted by molar-refractivity contribution is 7.15. The van der Waals surface area contributed by atoms with Crippen LogP contribution in [-0.4, -0.2) is 35.5 Å². The fourth-order valence-corrected chi connectivity index (χ4v) is 4.48. The van der Waals surface area contributed by atoms with Crippen molar-refractivity contribution in [2.24, 2.45) is 0 Å². The molecule has 0 bridgehead atoms. The second-order valence-corrected chi connectivity index (χ2v) is 8.67. The Bertz CT molecular complexity index is 1500. The minimum atomic E-state index is -0.290. The van der Waals surface area contributed by atoms with Crippen molar-refractivity contribution in [1.82, 2.24) is 24.5 Å². The third-order valence-electron chi connectivity index (χ3n) is 5.25. The molecule has 33 heavy (non-hydrogen) atoms. The molecule has 0 aliphatic heterocycles. The minimum absolute atomic E-state index is 0.103. The Hall–Kier alpha value is -3.89. The van der Waals surface area contributed by atoms with Gasteiger partial charge in [0, 0.05) is 29.9 Å². The summed E-state index contributed by atoms with van der Waals surface area (Å²) >= 11 is 1.43. The Balaban J connectivity index is 1.48. The summed E-state index contributed by atoms with van der Waals surface area (Å²) in [5.41, 5.74) is 5.08. The summed E-state index contributed by atoms with van der Waals surface area (Å²) in [7, 11) is 0. The fraction of sp³-hybridized carbons (Fsp3) is 0.174. The number of fused-ring (bicyclic) bond motifs is 1. The second-order valence-electron chi connectivity index (χ2n) is 7.59. The number of nitrogens with one attached hydrogen (secondary N) is 1. The average Bonchev–Trinajstić information content (AvgIpc) is 3.52. The van der Waals surface area contributed by atoms with E-state index in [0.29, 0.717) is 33.8 Å². The van der Waals surface area contributed by atoms with Gasteiger partial charge in [0.05, 0.1) is 23.4 Å². The van der Waals surface area contributed by atoms with Gasteiger partial charge in [-0.2, -0.15) is 4.98 Å². The highest BCUT2D eigenvalue weighted by Gasteiger charge is 2.17. The highest BCUT2D eigenvalue weighted by Crippen LogP contribution is 2.31. The molecule has 5 aromatic rings. The summed E-state index contributed by atoms with van der Waals surface area (Å²) in [5.74, 6) is 0.644. The molecule has 0 saturated heterocycles. The number of rotatable bonds is 5. The summed E-state index contributed by atoms with van der Waals surface area (Å²) < 4.78 is 6.82. The number of aliphatic hydroxyl groups is 1. The monoisotopic (exact) mass is 460 g/mol. The first-order valence-electron chi connectivity index (χ1n) is 10.2. The van der Waals surface area contributed by atoms with Crippen LogP contribution in [0.15, 0.2) is 47.2 Å². The number of amides is 1. The molecule has 2 N–H and O–H groups in total. The third-order valence-corrected chi connectivity index (χ3v) is 6.44. The van der Waals surface area contributed by atoms with Gasteiger partial charge in [-0.1, -0.05) is 17.3 Å². The van der Waals surface area contributed by atoms with Gasteiger partial charge in [0.2, 0.25) is 11.7 Å². The first-order valence-corrected chi connectivity index (χ1v) is 11.0. The van der Waals surface area contributed by atoms with E-state index in [2.05, 4.69) is 25.4 Å². The SMILES string of the molecule is Cc1nc(-c2ccc(C)c(NC(=O)c3cnc4ccc(-c5sc(CO)nc5C)cn34)c2)no1. The van der Waals surface area contributed by atoms with E-state index < -0.39 is 0 Å². The fourth-order valence-electron chi connectivity index (χ4n) is 3.57. The topological polar surface area (TPSA) is 118 Å². The van der Waals surface area contributed by atoms with E-state index >= 15 is 0 Å². The maximum Gasteiger partial charge on any atom is 0.274 e. The van der Waals surface area contributed by atoms with Crippen molar-refractivity contribution in [3.05, 3.63) is 70.6 Å². The Labute approximate surface area is 192 Å². The maximum atomic E-state index is 13.2. The lowest BCUT2D eigenvalue weighted by Gasteiger charge is -2.10. The molecular weight excluding hydrogens is 440 g/mol.